The van der Waals surface area contributed by atoms with Gasteiger partial charge in [-0.2, -0.15) is 0 Å². The summed E-state index contributed by atoms with van der Waals surface area (Å²) in [5.41, 5.74) is 15.0. The summed E-state index contributed by atoms with van der Waals surface area (Å²) < 4.78 is 0. The minimum absolute atomic E-state index is 0.444. The maximum absolute atomic E-state index is 2.41. The molecule has 0 aromatic heterocycles. The van der Waals surface area contributed by atoms with E-state index in [1.165, 1.54) is 27.8 Å². The fourth-order valence-corrected chi connectivity index (χ4v) is 6.39. The third-order valence-corrected chi connectivity index (χ3v) is 7.64. The number of hydrogen-bond donors (Lipinski definition) is 0. The second-order valence-corrected chi connectivity index (χ2v) is 12.5. The molecule has 194 valence electrons. The Bertz CT molecular complexity index is 1130. The van der Waals surface area contributed by atoms with E-state index in [4.69, 9.17) is 0 Å². The molecule has 0 atom stereocenters. The first-order chi connectivity index (χ1) is 16.9. The van der Waals surface area contributed by atoms with Gasteiger partial charge in [-0.1, -0.05) is 132 Å². The summed E-state index contributed by atoms with van der Waals surface area (Å²) >= 11 is 0. The second kappa shape index (κ2) is 11.4. The molecule has 0 amide bonds. The average molecular weight is 483 g/mol. The van der Waals surface area contributed by atoms with E-state index >= 15 is 0 Å². The molecule has 3 aromatic rings. The SMILES string of the molecule is CC(C)c1cccc(-c2c(C(C)C)c(C(C)C)c(C(C)C)c(C(C)C)c2C(C)C)c1-c1ccccc1. The molecule has 0 fully saturated rings. The summed E-state index contributed by atoms with van der Waals surface area (Å²) in [4.78, 5) is 0. The highest BCUT2D eigenvalue weighted by Crippen LogP contribution is 2.51. The minimum atomic E-state index is 0.444. The Labute approximate surface area is 222 Å². The third kappa shape index (κ3) is 5.20. The fourth-order valence-electron chi connectivity index (χ4n) is 6.39. The lowest BCUT2D eigenvalue weighted by molar-refractivity contribution is 0.701. The maximum Gasteiger partial charge on any atom is -0.00705 e. The highest BCUT2D eigenvalue weighted by molar-refractivity contribution is 5.90. The van der Waals surface area contributed by atoms with E-state index in [1.54, 1.807) is 27.8 Å². The zero-order chi connectivity index (χ0) is 26.9. The molecule has 0 radical (unpaired) electrons. The van der Waals surface area contributed by atoms with Gasteiger partial charge in [0.1, 0.15) is 0 Å². The van der Waals surface area contributed by atoms with E-state index in [-0.39, 0.29) is 0 Å². The monoisotopic (exact) mass is 482 g/mol. The lowest BCUT2D eigenvalue weighted by Gasteiger charge is -2.35. The molecule has 0 spiro atoms. The summed E-state index contributed by atoms with van der Waals surface area (Å²) in [5.74, 6) is 2.80. The average Bonchev–Trinajstić information content (AvgIpc) is 2.81. The van der Waals surface area contributed by atoms with Crippen molar-refractivity contribution in [3.63, 3.8) is 0 Å². The van der Waals surface area contributed by atoms with Crippen LogP contribution in [0.3, 0.4) is 0 Å². The van der Waals surface area contributed by atoms with Gasteiger partial charge in [-0.25, -0.2) is 0 Å². The van der Waals surface area contributed by atoms with Gasteiger partial charge < -0.3 is 0 Å². The lowest BCUT2D eigenvalue weighted by Crippen LogP contribution is -2.17. The molecule has 3 aromatic carbocycles. The Kier molecular flexibility index (Phi) is 8.92. The van der Waals surface area contributed by atoms with E-state index < -0.39 is 0 Å². The Balaban J connectivity index is 2.71. The largest absolute Gasteiger partial charge is 0.0622 e. The standard InChI is InChI=1S/C36H50/c1-21(2)28-19-16-20-29(35(28)27-17-14-13-15-18-27)36-33(25(9)10)31(23(5)6)30(22(3)4)32(24(7)8)34(36)26(11)12/h13-26H,1-12H3. The normalized spacial score (nSPS) is 12.3. The molecule has 0 aliphatic rings. The van der Waals surface area contributed by atoms with Crippen molar-refractivity contribution >= 4 is 0 Å². The summed E-state index contributed by atoms with van der Waals surface area (Å²) in [6, 6.07) is 18.1. The number of benzene rings is 3. The third-order valence-electron chi connectivity index (χ3n) is 7.64. The topological polar surface area (TPSA) is 0 Å². The molecular weight excluding hydrogens is 432 g/mol. The molecule has 0 heteroatoms. The molecule has 0 saturated heterocycles. The second-order valence-electron chi connectivity index (χ2n) is 12.5. The smallest absolute Gasteiger partial charge is 0.00705 e. The highest BCUT2D eigenvalue weighted by Gasteiger charge is 2.31. The van der Waals surface area contributed by atoms with Crippen molar-refractivity contribution in [1.82, 2.24) is 0 Å². The molecule has 0 aliphatic carbocycles. The van der Waals surface area contributed by atoms with Crippen LogP contribution in [-0.4, -0.2) is 0 Å². The van der Waals surface area contributed by atoms with Crippen molar-refractivity contribution in [2.24, 2.45) is 0 Å². The van der Waals surface area contributed by atoms with Crippen LogP contribution in [0.5, 0.6) is 0 Å². The Morgan fingerprint density at radius 3 is 1.17 bits per heavy atom. The molecule has 0 bridgehead atoms. The van der Waals surface area contributed by atoms with Gasteiger partial charge >= 0.3 is 0 Å². The van der Waals surface area contributed by atoms with Gasteiger partial charge in [0.15, 0.2) is 0 Å². The van der Waals surface area contributed by atoms with Gasteiger partial charge in [0, 0.05) is 0 Å². The van der Waals surface area contributed by atoms with Crippen molar-refractivity contribution in [2.75, 3.05) is 0 Å². The van der Waals surface area contributed by atoms with E-state index in [0.29, 0.717) is 35.5 Å². The Morgan fingerprint density at radius 1 is 0.361 bits per heavy atom. The minimum Gasteiger partial charge on any atom is -0.0622 e. The summed E-state index contributed by atoms with van der Waals surface area (Å²) in [7, 11) is 0. The molecule has 0 aliphatic heterocycles. The molecule has 0 nitrogen and oxygen atoms in total. The van der Waals surface area contributed by atoms with E-state index in [0.717, 1.165) is 0 Å². The zero-order valence-electron chi connectivity index (χ0n) is 25.1. The first kappa shape index (κ1) is 28.2. The van der Waals surface area contributed by atoms with E-state index in [1.807, 2.05) is 0 Å². The summed E-state index contributed by atoms with van der Waals surface area (Å²) in [5, 5.41) is 0. The van der Waals surface area contributed by atoms with Crippen LogP contribution < -0.4 is 0 Å². The van der Waals surface area contributed by atoms with Gasteiger partial charge in [0.25, 0.3) is 0 Å². The quantitative estimate of drug-likeness (QED) is 0.299. The highest BCUT2D eigenvalue weighted by atomic mass is 14.4. The van der Waals surface area contributed by atoms with Crippen LogP contribution in [-0.2, 0) is 0 Å². The first-order valence-corrected chi connectivity index (χ1v) is 14.3. The van der Waals surface area contributed by atoms with Crippen molar-refractivity contribution in [3.05, 3.63) is 81.9 Å². The van der Waals surface area contributed by atoms with Crippen molar-refractivity contribution < 1.29 is 0 Å². The van der Waals surface area contributed by atoms with Crippen molar-refractivity contribution in [3.8, 4) is 22.3 Å². The van der Waals surface area contributed by atoms with Gasteiger partial charge in [-0.15, -0.1) is 0 Å². The van der Waals surface area contributed by atoms with Crippen LogP contribution in [0.4, 0.5) is 0 Å². The van der Waals surface area contributed by atoms with Gasteiger partial charge in [-0.05, 0) is 91.1 Å². The first-order valence-electron chi connectivity index (χ1n) is 14.3. The lowest BCUT2D eigenvalue weighted by atomic mass is 9.69. The van der Waals surface area contributed by atoms with Gasteiger partial charge in [0.2, 0.25) is 0 Å². The van der Waals surface area contributed by atoms with Crippen molar-refractivity contribution in [1.29, 1.82) is 0 Å². The fraction of sp³-hybridized carbons (Fsp3) is 0.500. The van der Waals surface area contributed by atoms with Crippen molar-refractivity contribution in [2.45, 2.75) is 119 Å². The van der Waals surface area contributed by atoms with E-state index in [2.05, 4.69) is 132 Å². The molecule has 0 saturated carbocycles. The van der Waals surface area contributed by atoms with Crippen LogP contribution in [0.2, 0.25) is 0 Å². The van der Waals surface area contributed by atoms with Crippen LogP contribution >= 0.6 is 0 Å². The van der Waals surface area contributed by atoms with Crippen LogP contribution in [0, 0.1) is 0 Å². The van der Waals surface area contributed by atoms with Crippen LogP contribution in [0.1, 0.15) is 152 Å². The molecule has 0 N–H and O–H groups in total. The molecule has 36 heavy (non-hydrogen) atoms. The Morgan fingerprint density at radius 2 is 0.778 bits per heavy atom. The van der Waals surface area contributed by atoms with E-state index in [9.17, 15) is 0 Å². The summed E-state index contributed by atoms with van der Waals surface area (Å²) in [6.07, 6.45) is 0. The molecule has 0 heterocycles. The number of hydrogen-bond acceptors (Lipinski definition) is 0. The molecule has 0 unspecified atom stereocenters. The van der Waals surface area contributed by atoms with Gasteiger partial charge in [0.05, 0.1) is 0 Å². The molecular formula is C36H50. The predicted molar refractivity (Wildman–Crippen MR) is 162 cm³/mol. The number of rotatable bonds is 8. The molecule has 3 rings (SSSR count). The Hall–Kier alpha value is -2.34. The van der Waals surface area contributed by atoms with Crippen LogP contribution in [0.25, 0.3) is 22.3 Å². The maximum atomic E-state index is 2.41. The zero-order valence-corrected chi connectivity index (χ0v) is 25.1. The summed E-state index contributed by atoms with van der Waals surface area (Å²) in [6.45, 7) is 28.7. The van der Waals surface area contributed by atoms with Crippen LogP contribution in [0.15, 0.2) is 48.5 Å². The van der Waals surface area contributed by atoms with Gasteiger partial charge in [-0.3, -0.25) is 0 Å². The predicted octanol–water partition coefficient (Wildman–Crippen LogP) is 11.8.